The molecule has 15 heavy (non-hydrogen) atoms. The maximum atomic E-state index is 5.82. The van der Waals surface area contributed by atoms with Crippen molar-refractivity contribution in [1.29, 1.82) is 0 Å². The van der Waals surface area contributed by atoms with Gasteiger partial charge in [0.1, 0.15) is 5.76 Å². The Morgan fingerprint density at radius 2 is 2.47 bits per heavy atom. The summed E-state index contributed by atoms with van der Waals surface area (Å²) in [5.41, 5.74) is 0. The predicted molar refractivity (Wildman–Crippen MR) is 60.4 cm³/mol. The van der Waals surface area contributed by atoms with Gasteiger partial charge in [-0.25, -0.2) is 0 Å². The van der Waals surface area contributed by atoms with Gasteiger partial charge >= 0.3 is 0 Å². The first-order valence-electron chi connectivity index (χ1n) is 5.14. The van der Waals surface area contributed by atoms with E-state index >= 15 is 0 Å². The molecule has 1 aromatic heterocycles. The monoisotopic (exact) mass is 220 g/mol. The van der Waals surface area contributed by atoms with Crippen LogP contribution in [0.25, 0.3) is 6.08 Å². The summed E-state index contributed by atoms with van der Waals surface area (Å²) in [5, 5.41) is 2.06. The third kappa shape index (κ3) is 1.73. The molecule has 0 saturated carbocycles. The Morgan fingerprint density at radius 1 is 1.47 bits per heavy atom. The number of allylic oxidation sites excluding steroid dienone is 1. The first-order valence-corrected chi connectivity index (χ1v) is 6.02. The number of hydrogen-bond donors (Lipinski definition) is 0. The van der Waals surface area contributed by atoms with Crippen LogP contribution in [0.2, 0.25) is 0 Å². The molecule has 1 aromatic rings. The van der Waals surface area contributed by atoms with Crippen molar-refractivity contribution in [3.05, 3.63) is 40.3 Å². The van der Waals surface area contributed by atoms with Crippen LogP contribution in [0, 0.1) is 0 Å². The zero-order valence-electron chi connectivity index (χ0n) is 8.31. The van der Waals surface area contributed by atoms with Gasteiger partial charge in [0.2, 0.25) is 5.79 Å². The van der Waals surface area contributed by atoms with E-state index in [4.69, 9.17) is 9.47 Å². The van der Waals surface area contributed by atoms with Gasteiger partial charge in [-0.3, -0.25) is 0 Å². The Hall–Kier alpha value is -1.06. The second kappa shape index (κ2) is 3.51. The van der Waals surface area contributed by atoms with Gasteiger partial charge in [-0.15, -0.1) is 11.3 Å². The highest BCUT2D eigenvalue weighted by Crippen LogP contribution is 2.36. The van der Waals surface area contributed by atoms with Gasteiger partial charge in [-0.05, 0) is 36.1 Å². The molecule has 1 saturated heterocycles. The Balaban J connectivity index is 1.79. The number of thiophene rings is 1. The second-order valence-corrected chi connectivity index (χ2v) is 4.74. The van der Waals surface area contributed by atoms with Crippen molar-refractivity contribution < 1.29 is 9.47 Å². The molecule has 1 atom stereocenters. The number of ether oxygens (including phenoxy) is 2. The zero-order chi connectivity index (χ0) is 10.1. The van der Waals surface area contributed by atoms with Crippen molar-refractivity contribution in [2.75, 3.05) is 6.61 Å². The van der Waals surface area contributed by atoms with Crippen molar-refractivity contribution in [1.82, 2.24) is 0 Å². The molecular weight excluding hydrogens is 208 g/mol. The smallest absolute Gasteiger partial charge is 0.230 e. The Labute approximate surface area is 92.8 Å². The molecule has 1 spiro atoms. The molecule has 2 aliphatic rings. The maximum absolute atomic E-state index is 5.82. The third-order valence-electron chi connectivity index (χ3n) is 2.64. The molecule has 0 aromatic carbocycles. The normalized spacial score (nSPS) is 31.6. The van der Waals surface area contributed by atoms with Gasteiger partial charge in [-0.2, -0.15) is 0 Å². The minimum Gasteiger partial charge on any atom is -0.459 e. The van der Waals surface area contributed by atoms with Gasteiger partial charge < -0.3 is 9.47 Å². The maximum Gasteiger partial charge on any atom is 0.230 e. The van der Waals surface area contributed by atoms with Crippen LogP contribution in [0.4, 0.5) is 0 Å². The van der Waals surface area contributed by atoms with Crippen molar-refractivity contribution >= 4 is 17.4 Å². The van der Waals surface area contributed by atoms with Crippen molar-refractivity contribution in [2.45, 2.75) is 18.6 Å². The SMILES string of the molecule is C1=CC2(CCCO2)O/C1=C/c1cccs1. The molecule has 0 aliphatic carbocycles. The fourth-order valence-electron chi connectivity index (χ4n) is 1.92. The summed E-state index contributed by atoms with van der Waals surface area (Å²) in [6.07, 6.45) is 8.13. The summed E-state index contributed by atoms with van der Waals surface area (Å²) >= 11 is 1.71. The summed E-state index contributed by atoms with van der Waals surface area (Å²) in [5.74, 6) is 0.461. The number of rotatable bonds is 1. The van der Waals surface area contributed by atoms with Gasteiger partial charge in [0.15, 0.2) is 0 Å². The van der Waals surface area contributed by atoms with Crippen LogP contribution < -0.4 is 0 Å². The molecule has 2 aliphatic heterocycles. The lowest BCUT2D eigenvalue weighted by Gasteiger charge is -2.20. The molecule has 2 nitrogen and oxygen atoms in total. The van der Waals surface area contributed by atoms with E-state index < -0.39 is 5.79 Å². The largest absolute Gasteiger partial charge is 0.459 e. The standard InChI is InChI=1S/C12H12O2S/c1-3-11(15-8-1)9-10-4-6-12(14-10)5-2-7-13-12/h1,3-4,6,8-9H,2,5,7H2/b10-9+. The summed E-state index contributed by atoms with van der Waals surface area (Å²) in [7, 11) is 0. The predicted octanol–water partition coefficient (Wildman–Crippen LogP) is 3.18. The van der Waals surface area contributed by atoms with Crippen LogP contribution in [0.5, 0.6) is 0 Å². The second-order valence-electron chi connectivity index (χ2n) is 3.76. The Bertz CT molecular complexity index is 397. The van der Waals surface area contributed by atoms with E-state index in [1.54, 1.807) is 11.3 Å². The minimum absolute atomic E-state index is 0.441. The molecule has 3 rings (SSSR count). The molecule has 0 N–H and O–H groups in total. The lowest BCUT2D eigenvalue weighted by atomic mass is 10.2. The van der Waals surface area contributed by atoms with Crippen molar-refractivity contribution in [3.63, 3.8) is 0 Å². The van der Waals surface area contributed by atoms with E-state index in [1.807, 2.05) is 18.2 Å². The lowest BCUT2D eigenvalue weighted by Crippen LogP contribution is -2.24. The van der Waals surface area contributed by atoms with Crippen LogP contribution >= 0.6 is 11.3 Å². The minimum atomic E-state index is -0.441. The summed E-state index contributed by atoms with van der Waals surface area (Å²) in [6, 6.07) is 4.12. The quantitative estimate of drug-likeness (QED) is 0.723. The molecule has 3 heterocycles. The van der Waals surface area contributed by atoms with Crippen LogP contribution in [0.1, 0.15) is 17.7 Å². The average Bonchev–Trinajstić information content (AvgIpc) is 2.92. The van der Waals surface area contributed by atoms with E-state index in [1.165, 1.54) is 4.88 Å². The molecule has 0 bridgehead atoms. The molecule has 0 radical (unpaired) electrons. The van der Waals surface area contributed by atoms with E-state index in [9.17, 15) is 0 Å². The summed E-state index contributed by atoms with van der Waals surface area (Å²) < 4.78 is 11.4. The molecule has 3 heteroatoms. The van der Waals surface area contributed by atoms with Gasteiger partial charge in [-0.1, -0.05) is 6.07 Å². The fourth-order valence-corrected chi connectivity index (χ4v) is 2.57. The Morgan fingerprint density at radius 3 is 3.20 bits per heavy atom. The van der Waals surface area contributed by atoms with E-state index in [0.717, 1.165) is 25.2 Å². The highest BCUT2D eigenvalue weighted by Gasteiger charge is 2.38. The molecule has 1 unspecified atom stereocenters. The first kappa shape index (κ1) is 9.19. The topological polar surface area (TPSA) is 18.5 Å². The van der Waals surface area contributed by atoms with Crippen LogP contribution in [-0.4, -0.2) is 12.4 Å². The highest BCUT2D eigenvalue weighted by atomic mass is 32.1. The van der Waals surface area contributed by atoms with Crippen LogP contribution in [0.15, 0.2) is 35.4 Å². The molecule has 0 amide bonds. The average molecular weight is 220 g/mol. The summed E-state index contributed by atoms with van der Waals surface area (Å²) in [4.78, 5) is 1.21. The molecular formula is C12H12O2S. The van der Waals surface area contributed by atoms with Gasteiger partial charge in [0.05, 0.1) is 6.61 Å². The number of hydrogen-bond acceptors (Lipinski definition) is 3. The summed E-state index contributed by atoms with van der Waals surface area (Å²) in [6.45, 7) is 0.802. The van der Waals surface area contributed by atoms with E-state index in [0.29, 0.717) is 0 Å². The van der Waals surface area contributed by atoms with Gasteiger partial charge in [0.25, 0.3) is 0 Å². The van der Waals surface area contributed by atoms with E-state index in [2.05, 4.69) is 17.5 Å². The highest BCUT2D eigenvalue weighted by molar-refractivity contribution is 7.10. The van der Waals surface area contributed by atoms with Crippen LogP contribution in [0.3, 0.4) is 0 Å². The molecule has 1 fully saturated rings. The molecule has 78 valence electrons. The zero-order valence-corrected chi connectivity index (χ0v) is 9.13. The Kier molecular flexibility index (Phi) is 2.15. The lowest BCUT2D eigenvalue weighted by molar-refractivity contribution is -0.135. The fraction of sp³-hybridized carbons (Fsp3) is 0.333. The van der Waals surface area contributed by atoms with Crippen molar-refractivity contribution in [2.24, 2.45) is 0 Å². The van der Waals surface area contributed by atoms with E-state index in [-0.39, 0.29) is 0 Å². The first-order chi connectivity index (χ1) is 7.36. The van der Waals surface area contributed by atoms with Crippen LogP contribution in [-0.2, 0) is 9.47 Å². The van der Waals surface area contributed by atoms with Crippen molar-refractivity contribution in [3.8, 4) is 0 Å². The van der Waals surface area contributed by atoms with Gasteiger partial charge in [0, 0.05) is 11.3 Å². The third-order valence-corrected chi connectivity index (χ3v) is 3.46.